The predicted molar refractivity (Wildman–Crippen MR) is 74.8 cm³/mol. The van der Waals surface area contributed by atoms with Crippen LogP contribution in [0.25, 0.3) is 0 Å². The van der Waals surface area contributed by atoms with Gasteiger partial charge in [0.1, 0.15) is 0 Å². The Morgan fingerprint density at radius 1 is 0.950 bits per heavy atom. The van der Waals surface area contributed by atoms with Crippen LogP contribution in [0, 0.1) is 0 Å². The fraction of sp³-hybridized carbons (Fsp3) is 0.429. The van der Waals surface area contributed by atoms with E-state index in [1.807, 2.05) is 29.2 Å². The second-order valence-corrected chi connectivity index (χ2v) is 5.60. The molecule has 0 radical (unpaired) electrons. The van der Waals surface area contributed by atoms with Crippen LogP contribution in [-0.4, -0.2) is 52.9 Å². The molecular formula is C14H16ClN3O2. The van der Waals surface area contributed by atoms with Crippen LogP contribution in [-0.2, 0) is 16.1 Å². The number of carbonyl (C=O) groups is 2. The molecule has 0 spiro atoms. The summed E-state index contributed by atoms with van der Waals surface area (Å²) >= 11 is 5.86. The summed E-state index contributed by atoms with van der Waals surface area (Å²) in [4.78, 5) is 26.2. The third-order valence-electron chi connectivity index (χ3n) is 3.64. The molecule has 3 rings (SSSR count). The number of hydrogen-bond donors (Lipinski definition) is 0. The number of carbonyl (C=O) groups excluding carboxylic acids is 2. The van der Waals surface area contributed by atoms with Gasteiger partial charge in [-0.3, -0.25) is 24.5 Å². The first-order valence-electron chi connectivity index (χ1n) is 6.71. The quantitative estimate of drug-likeness (QED) is 0.821. The number of halogens is 1. The number of hydrogen-bond acceptors (Lipinski definition) is 3. The molecule has 2 aliphatic rings. The second-order valence-electron chi connectivity index (χ2n) is 5.16. The highest BCUT2D eigenvalue weighted by Crippen LogP contribution is 2.17. The number of nitrogens with zero attached hydrogens (tertiary/aromatic N) is 3. The monoisotopic (exact) mass is 293 g/mol. The zero-order valence-electron chi connectivity index (χ0n) is 11.1. The molecule has 0 unspecified atom stereocenters. The van der Waals surface area contributed by atoms with Gasteiger partial charge in [0.25, 0.3) is 11.8 Å². The minimum atomic E-state index is 0.00214. The SMILES string of the molecule is O=C1CN(Cc2ccc(Cl)cc2)CC(=O)N2CCCN12. The Labute approximate surface area is 122 Å². The Kier molecular flexibility index (Phi) is 3.63. The van der Waals surface area contributed by atoms with Gasteiger partial charge in [-0.25, -0.2) is 0 Å². The van der Waals surface area contributed by atoms with Crippen molar-refractivity contribution in [3.05, 3.63) is 34.9 Å². The molecule has 6 heteroatoms. The van der Waals surface area contributed by atoms with Gasteiger partial charge < -0.3 is 0 Å². The first-order chi connectivity index (χ1) is 9.63. The first kappa shape index (κ1) is 13.4. The van der Waals surface area contributed by atoms with Gasteiger partial charge in [0.2, 0.25) is 0 Å². The highest BCUT2D eigenvalue weighted by molar-refractivity contribution is 6.30. The highest BCUT2D eigenvalue weighted by atomic mass is 35.5. The summed E-state index contributed by atoms with van der Waals surface area (Å²) in [6, 6.07) is 7.48. The average Bonchev–Trinajstić information content (AvgIpc) is 2.87. The Morgan fingerprint density at radius 3 is 2.05 bits per heavy atom. The van der Waals surface area contributed by atoms with Crippen molar-refractivity contribution < 1.29 is 9.59 Å². The molecule has 0 aliphatic carbocycles. The van der Waals surface area contributed by atoms with Crippen LogP contribution in [0.15, 0.2) is 24.3 Å². The fourth-order valence-electron chi connectivity index (χ4n) is 2.69. The zero-order valence-corrected chi connectivity index (χ0v) is 11.8. The Hall–Kier alpha value is -1.59. The maximum Gasteiger partial charge on any atom is 0.255 e. The van der Waals surface area contributed by atoms with E-state index >= 15 is 0 Å². The van der Waals surface area contributed by atoms with Crippen LogP contribution in [0.5, 0.6) is 0 Å². The maximum absolute atomic E-state index is 12.2. The van der Waals surface area contributed by atoms with Gasteiger partial charge in [-0.05, 0) is 24.1 Å². The molecule has 0 bridgehead atoms. The molecule has 0 N–H and O–H groups in total. The van der Waals surface area contributed by atoms with Crippen LogP contribution in [0.1, 0.15) is 12.0 Å². The lowest BCUT2D eigenvalue weighted by Gasteiger charge is -2.24. The first-order valence-corrected chi connectivity index (χ1v) is 7.09. The van der Waals surface area contributed by atoms with Crippen molar-refractivity contribution in [1.29, 1.82) is 0 Å². The van der Waals surface area contributed by atoms with Gasteiger partial charge >= 0.3 is 0 Å². The Balaban J connectivity index is 1.73. The van der Waals surface area contributed by atoms with Crippen LogP contribution in [0.3, 0.4) is 0 Å². The van der Waals surface area contributed by atoms with E-state index in [4.69, 9.17) is 11.6 Å². The molecule has 2 fully saturated rings. The molecule has 2 saturated heterocycles. The predicted octanol–water partition coefficient (Wildman–Crippen LogP) is 1.13. The molecule has 0 aromatic heterocycles. The maximum atomic E-state index is 12.2. The number of rotatable bonds is 2. The topological polar surface area (TPSA) is 43.9 Å². The van der Waals surface area contributed by atoms with E-state index in [0.717, 1.165) is 12.0 Å². The third kappa shape index (κ3) is 2.64. The van der Waals surface area contributed by atoms with Crippen LogP contribution >= 0.6 is 11.6 Å². The largest absolute Gasteiger partial charge is 0.281 e. The average molecular weight is 294 g/mol. The van der Waals surface area contributed by atoms with Gasteiger partial charge in [-0.15, -0.1) is 0 Å². The normalized spacial score (nSPS) is 20.2. The second kappa shape index (κ2) is 5.42. The lowest BCUT2D eigenvalue weighted by Crippen LogP contribution is -2.44. The van der Waals surface area contributed by atoms with E-state index in [9.17, 15) is 9.59 Å². The van der Waals surface area contributed by atoms with Gasteiger partial charge in [0, 0.05) is 24.7 Å². The molecule has 2 aliphatic heterocycles. The van der Waals surface area contributed by atoms with Crippen molar-refractivity contribution in [2.45, 2.75) is 13.0 Å². The summed E-state index contributed by atoms with van der Waals surface area (Å²) in [6.07, 6.45) is 0.870. The Morgan fingerprint density at radius 2 is 1.50 bits per heavy atom. The molecule has 20 heavy (non-hydrogen) atoms. The van der Waals surface area contributed by atoms with E-state index in [2.05, 4.69) is 0 Å². The fourth-order valence-corrected chi connectivity index (χ4v) is 2.82. The number of amides is 2. The molecule has 2 amide bonds. The van der Waals surface area contributed by atoms with Crippen molar-refractivity contribution in [1.82, 2.24) is 14.9 Å². The molecule has 106 valence electrons. The van der Waals surface area contributed by atoms with Crippen molar-refractivity contribution in [3.63, 3.8) is 0 Å². The summed E-state index contributed by atoms with van der Waals surface area (Å²) in [5.74, 6) is 0.00428. The summed E-state index contributed by atoms with van der Waals surface area (Å²) in [6.45, 7) is 2.45. The van der Waals surface area contributed by atoms with Gasteiger partial charge in [-0.2, -0.15) is 0 Å². The molecule has 2 heterocycles. The van der Waals surface area contributed by atoms with Crippen LogP contribution < -0.4 is 0 Å². The minimum absolute atomic E-state index is 0.00214. The molecule has 1 aromatic carbocycles. The summed E-state index contributed by atoms with van der Waals surface area (Å²) < 4.78 is 0. The van der Waals surface area contributed by atoms with E-state index in [1.165, 1.54) is 0 Å². The van der Waals surface area contributed by atoms with Crippen LogP contribution in [0.4, 0.5) is 0 Å². The number of hydrazine groups is 1. The molecule has 0 saturated carbocycles. The van der Waals surface area contributed by atoms with Crippen molar-refractivity contribution >= 4 is 23.4 Å². The molecule has 5 nitrogen and oxygen atoms in total. The summed E-state index contributed by atoms with van der Waals surface area (Å²) in [7, 11) is 0. The summed E-state index contributed by atoms with van der Waals surface area (Å²) in [5, 5.41) is 3.86. The third-order valence-corrected chi connectivity index (χ3v) is 3.90. The molecule has 1 aromatic rings. The van der Waals surface area contributed by atoms with E-state index in [0.29, 0.717) is 24.7 Å². The Bertz CT molecular complexity index is 508. The van der Waals surface area contributed by atoms with Crippen molar-refractivity contribution in [2.24, 2.45) is 0 Å². The van der Waals surface area contributed by atoms with Gasteiger partial charge in [0.15, 0.2) is 0 Å². The molecular weight excluding hydrogens is 278 g/mol. The lowest BCUT2D eigenvalue weighted by molar-refractivity contribution is -0.153. The zero-order chi connectivity index (χ0) is 14.1. The number of benzene rings is 1. The minimum Gasteiger partial charge on any atom is -0.281 e. The molecule has 0 atom stereocenters. The van der Waals surface area contributed by atoms with Crippen molar-refractivity contribution in [3.8, 4) is 0 Å². The lowest BCUT2D eigenvalue weighted by atomic mass is 10.2. The van der Waals surface area contributed by atoms with Crippen molar-refractivity contribution in [2.75, 3.05) is 26.2 Å². The van der Waals surface area contributed by atoms with E-state index in [1.54, 1.807) is 10.0 Å². The van der Waals surface area contributed by atoms with Gasteiger partial charge in [0.05, 0.1) is 13.1 Å². The van der Waals surface area contributed by atoms with E-state index < -0.39 is 0 Å². The highest BCUT2D eigenvalue weighted by Gasteiger charge is 2.35. The van der Waals surface area contributed by atoms with Crippen LogP contribution in [0.2, 0.25) is 5.02 Å². The summed E-state index contributed by atoms with van der Waals surface area (Å²) in [5.41, 5.74) is 1.05. The number of fused-ring (bicyclic) bond motifs is 1. The van der Waals surface area contributed by atoms with Gasteiger partial charge in [-0.1, -0.05) is 23.7 Å². The smallest absolute Gasteiger partial charge is 0.255 e. The standard InChI is InChI=1S/C14H16ClN3O2/c15-12-4-2-11(3-5-12)8-16-9-13(19)17-6-1-7-18(17)14(20)10-16/h2-5H,1,6-10H2. The van der Waals surface area contributed by atoms with E-state index in [-0.39, 0.29) is 24.9 Å².